The number of unbranched alkanes of at least 4 members (excludes halogenated alkanes) is 2. The summed E-state index contributed by atoms with van der Waals surface area (Å²) in [5.41, 5.74) is 4.50. The second-order valence-corrected chi connectivity index (χ2v) is 11.8. The molecule has 0 radical (unpaired) electrons. The molecule has 2 aromatic heterocycles. The summed E-state index contributed by atoms with van der Waals surface area (Å²) in [5.74, 6) is 0.751. The van der Waals surface area contributed by atoms with Crippen molar-refractivity contribution in [3.05, 3.63) is 53.7 Å². The van der Waals surface area contributed by atoms with Crippen molar-refractivity contribution in [1.82, 2.24) is 4.57 Å². The number of furan rings is 1. The monoisotopic (exact) mass is 599 g/mol. The van der Waals surface area contributed by atoms with E-state index < -0.39 is 30.4 Å². The van der Waals surface area contributed by atoms with Crippen LogP contribution in [-0.2, 0) is 16.0 Å². The fraction of sp³-hybridized carbons (Fsp3) is 0.559. The highest BCUT2D eigenvalue weighted by Crippen LogP contribution is 2.36. The Kier molecular flexibility index (Phi) is 12.9. The lowest BCUT2D eigenvalue weighted by atomic mass is 10.0. The molecular formula is C34H49NO8. The second kappa shape index (κ2) is 16.1. The normalized spacial score (nSPS) is 14.6. The lowest BCUT2D eigenvalue weighted by Gasteiger charge is -2.23. The molecule has 0 fully saturated rings. The lowest BCUT2D eigenvalue weighted by Crippen LogP contribution is -2.38. The molecule has 238 valence electrons. The fourth-order valence-electron chi connectivity index (χ4n) is 5.22. The molecule has 3 aromatic rings. The van der Waals surface area contributed by atoms with Crippen molar-refractivity contribution < 1.29 is 39.1 Å². The predicted octanol–water partition coefficient (Wildman–Crippen LogP) is 5.64. The highest BCUT2D eigenvalue weighted by molar-refractivity contribution is 5.87. The van der Waals surface area contributed by atoms with E-state index in [1.54, 1.807) is 19.1 Å². The third kappa shape index (κ3) is 9.44. The van der Waals surface area contributed by atoms with Crippen LogP contribution in [0, 0.1) is 6.92 Å². The Labute approximate surface area is 254 Å². The van der Waals surface area contributed by atoms with Crippen molar-refractivity contribution in [3.63, 3.8) is 0 Å². The minimum Gasteiger partial charge on any atom is -0.491 e. The van der Waals surface area contributed by atoms with E-state index in [1.807, 2.05) is 12.1 Å². The van der Waals surface area contributed by atoms with Gasteiger partial charge in [-0.3, -0.25) is 0 Å². The average Bonchev–Trinajstić information content (AvgIpc) is 3.53. The number of esters is 1. The van der Waals surface area contributed by atoms with Crippen molar-refractivity contribution in [3.8, 4) is 17.2 Å². The van der Waals surface area contributed by atoms with Gasteiger partial charge in [-0.1, -0.05) is 26.3 Å². The number of aliphatic hydroxyl groups is 4. The van der Waals surface area contributed by atoms with Gasteiger partial charge >= 0.3 is 5.97 Å². The molecule has 0 spiro atoms. The largest absolute Gasteiger partial charge is 0.491 e. The van der Waals surface area contributed by atoms with E-state index in [9.17, 15) is 25.2 Å². The second-order valence-electron chi connectivity index (χ2n) is 11.8. The molecule has 1 aromatic carbocycles. The van der Waals surface area contributed by atoms with E-state index >= 15 is 0 Å². The van der Waals surface area contributed by atoms with Crippen LogP contribution in [0.1, 0.15) is 83.5 Å². The van der Waals surface area contributed by atoms with Gasteiger partial charge in [0.15, 0.2) is 5.76 Å². The number of carbonyl (C=O) groups is 1. The molecule has 0 saturated heterocycles. The van der Waals surface area contributed by atoms with Crippen LogP contribution >= 0.6 is 0 Å². The topological polar surface area (TPSA) is 135 Å². The molecule has 2 heterocycles. The third-order valence-corrected chi connectivity index (χ3v) is 7.60. The molecule has 0 saturated carbocycles. The molecule has 4 N–H and O–H groups in total. The molecule has 3 rings (SSSR count). The van der Waals surface area contributed by atoms with Crippen LogP contribution in [-0.4, -0.2) is 68.6 Å². The summed E-state index contributed by atoms with van der Waals surface area (Å²) in [6.07, 6.45) is -0.189. The molecule has 9 heteroatoms. The van der Waals surface area contributed by atoms with Gasteiger partial charge in [0.05, 0.1) is 30.6 Å². The van der Waals surface area contributed by atoms with E-state index in [0.717, 1.165) is 29.7 Å². The maximum atomic E-state index is 11.4. The number of ether oxygens (including phenoxy) is 2. The SMILES string of the molecule is C=C(C)C(=O)OCCCC(O)C(O)CC(O)C(O)COc1ccc2cc(-c3c(C)cc(CCCCC)n3C(C)C)oc2c1. The maximum Gasteiger partial charge on any atom is 0.333 e. The molecule has 9 nitrogen and oxygen atoms in total. The molecule has 0 aliphatic rings. The van der Waals surface area contributed by atoms with Gasteiger partial charge in [0, 0.05) is 35.2 Å². The first-order chi connectivity index (χ1) is 20.4. The fourth-order valence-corrected chi connectivity index (χ4v) is 5.22. The van der Waals surface area contributed by atoms with Crippen LogP contribution < -0.4 is 4.74 Å². The smallest absolute Gasteiger partial charge is 0.333 e. The Hall–Kier alpha value is -3.11. The molecule has 0 aliphatic carbocycles. The van der Waals surface area contributed by atoms with Crippen LogP contribution in [0.25, 0.3) is 22.4 Å². The summed E-state index contributed by atoms with van der Waals surface area (Å²) >= 11 is 0. The Morgan fingerprint density at radius 2 is 1.72 bits per heavy atom. The first-order valence-corrected chi connectivity index (χ1v) is 15.3. The first-order valence-electron chi connectivity index (χ1n) is 15.3. The zero-order chi connectivity index (χ0) is 31.7. The van der Waals surface area contributed by atoms with Crippen molar-refractivity contribution in [1.29, 1.82) is 0 Å². The third-order valence-electron chi connectivity index (χ3n) is 7.60. The summed E-state index contributed by atoms with van der Waals surface area (Å²) < 4.78 is 19.4. The van der Waals surface area contributed by atoms with Gasteiger partial charge in [-0.15, -0.1) is 0 Å². The predicted molar refractivity (Wildman–Crippen MR) is 167 cm³/mol. The highest BCUT2D eigenvalue weighted by atomic mass is 16.5. The number of nitrogens with zero attached hydrogens (tertiary/aromatic N) is 1. The van der Waals surface area contributed by atoms with Gasteiger partial charge in [-0.25, -0.2) is 4.79 Å². The van der Waals surface area contributed by atoms with Gasteiger partial charge in [-0.2, -0.15) is 0 Å². The molecule has 0 bridgehead atoms. The summed E-state index contributed by atoms with van der Waals surface area (Å²) in [6, 6.07) is 10.0. The minimum absolute atomic E-state index is 0.0835. The number of fused-ring (bicyclic) bond motifs is 1. The summed E-state index contributed by atoms with van der Waals surface area (Å²) in [4.78, 5) is 11.4. The van der Waals surface area contributed by atoms with Gasteiger partial charge in [-0.05, 0) is 83.2 Å². The number of hydrogen-bond donors (Lipinski definition) is 4. The average molecular weight is 600 g/mol. The Bertz CT molecular complexity index is 1340. The van der Waals surface area contributed by atoms with Gasteiger partial charge in [0.2, 0.25) is 0 Å². The Balaban J connectivity index is 1.58. The Morgan fingerprint density at radius 1 is 1.00 bits per heavy atom. The van der Waals surface area contributed by atoms with Crippen LogP contribution in [0.4, 0.5) is 0 Å². The van der Waals surface area contributed by atoms with Crippen LogP contribution in [0.3, 0.4) is 0 Å². The Morgan fingerprint density at radius 3 is 2.40 bits per heavy atom. The van der Waals surface area contributed by atoms with Gasteiger partial charge in [0.25, 0.3) is 0 Å². The van der Waals surface area contributed by atoms with Crippen LogP contribution in [0.5, 0.6) is 5.75 Å². The van der Waals surface area contributed by atoms with E-state index in [1.165, 1.54) is 24.1 Å². The molecular weight excluding hydrogens is 550 g/mol. The minimum atomic E-state index is -1.32. The van der Waals surface area contributed by atoms with Gasteiger partial charge < -0.3 is 38.9 Å². The number of benzene rings is 1. The molecule has 4 unspecified atom stereocenters. The van der Waals surface area contributed by atoms with E-state index in [2.05, 4.69) is 44.9 Å². The van der Waals surface area contributed by atoms with Crippen molar-refractivity contribution in [2.24, 2.45) is 0 Å². The molecule has 0 aliphatic heterocycles. The van der Waals surface area contributed by atoms with Crippen molar-refractivity contribution >= 4 is 16.9 Å². The van der Waals surface area contributed by atoms with Gasteiger partial charge in [0.1, 0.15) is 24.0 Å². The quantitative estimate of drug-likeness (QED) is 0.0839. The molecule has 43 heavy (non-hydrogen) atoms. The molecule has 0 amide bonds. The summed E-state index contributed by atoms with van der Waals surface area (Å²) in [5, 5.41) is 42.2. The number of aryl methyl sites for hydroxylation is 2. The zero-order valence-corrected chi connectivity index (χ0v) is 26.2. The zero-order valence-electron chi connectivity index (χ0n) is 26.2. The van der Waals surface area contributed by atoms with E-state index in [4.69, 9.17) is 13.9 Å². The van der Waals surface area contributed by atoms with Crippen LogP contribution in [0.2, 0.25) is 0 Å². The van der Waals surface area contributed by atoms with Crippen molar-refractivity contribution in [2.45, 2.75) is 110 Å². The number of hydrogen-bond acceptors (Lipinski definition) is 8. The number of aliphatic hydroxyl groups excluding tert-OH is 4. The molecule has 4 atom stereocenters. The summed E-state index contributed by atoms with van der Waals surface area (Å²) in [6.45, 7) is 13.6. The summed E-state index contributed by atoms with van der Waals surface area (Å²) in [7, 11) is 0. The van der Waals surface area contributed by atoms with Crippen molar-refractivity contribution in [2.75, 3.05) is 13.2 Å². The standard InChI is InChI=1S/C34H49NO8/c1-7-8-9-11-25-16-23(6)33(35(25)22(4)5)32-17-24-13-14-26(18-31(24)43-32)42-20-30(39)29(38)19-28(37)27(36)12-10-15-41-34(40)21(2)3/h13-14,16-18,22,27-30,36-39H,2,7-12,15,19-20H2,1,3-6H3. The maximum absolute atomic E-state index is 11.4. The lowest BCUT2D eigenvalue weighted by molar-refractivity contribution is -0.139. The van der Waals surface area contributed by atoms with Crippen LogP contribution in [0.15, 0.2) is 46.9 Å². The number of carbonyl (C=O) groups excluding carboxylic acids is 1. The van der Waals surface area contributed by atoms with E-state index in [-0.39, 0.29) is 37.7 Å². The highest BCUT2D eigenvalue weighted by Gasteiger charge is 2.25. The number of aromatic nitrogens is 1. The number of rotatable bonds is 18. The first kappa shape index (κ1) is 34.4. The van der Waals surface area contributed by atoms with E-state index in [0.29, 0.717) is 17.8 Å².